The summed E-state index contributed by atoms with van der Waals surface area (Å²) in [6, 6.07) is 14.6. The lowest BCUT2D eigenvalue weighted by molar-refractivity contribution is 0.349. The Hall–Kier alpha value is -1.69. The van der Waals surface area contributed by atoms with E-state index in [-0.39, 0.29) is 0 Å². The van der Waals surface area contributed by atoms with Crippen LogP contribution in [0, 0.1) is 27.7 Å². The average Bonchev–Trinajstić information content (AvgIpc) is 3.01. The monoisotopic (exact) mass is 377 g/mol. The molecule has 1 unspecified atom stereocenters. The van der Waals surface area contributed by atoms with Crippen molar-refractivity contribution in [1.29, 1.82) is 0 Å². The predicted molar refractivity (Wildman–Crippen MR) is 122 cm³/mol. The van der Waals surface area contributed by atoms with Gasteiger partial charge in [-0.1, -0.05) is 76.9 Å². The minimum atomic E-state index is -0.495. The van der Waals surface area contributed by atoms with Gasteiger partial charge in [0.05, 0.1) is 0 Å². The van der Waals surface area contributed by atoms with Gasteiger partial charge in [-0.05, 0) is 72.8 Å². The van der Waals surface area contributed by atoms with Crippen LogP contribution in [0.2, 0.25) is 0 Å². The summed E-state index contributed by atoms with van der Waals surface area (Å²) in [6.07, 6.45) is 7.03. The number of allylic oxidation sites excluding steroid dienone is 3. The minimum absolute atomic E-state index is 0.437. The van der Waals surface area contributed by atoms with Crippen molar-refractivity contribution in [2.45, 2.75) is 46.3 Å². The standard InChI is InChI=1S/C25H32NP/c1-17-11-18(2)14-22(13-17)27(23-15-19(3)12-20(4)16-23)25-10-8-9-24(25)21(5)26(6)7/h8-16,21,25H,1-7H3/t21-,25?/m0/s1. The maximum atomic E-state index is 2.43. The van der Waals surface area contributed by atoms with Gasteiger partial charge < -0.3 is 4.90 Å². The van der Waals surface area contributed by atoms with Gasteiger partial charge in [-0.15, -0.1) is 0 Å². The second kappa shape index (κ2) is 8.13. The van der Waals surface area contributed by atoms with Crippen molar-refractivity contribution in [2.75, 3.05) is 14.1 Å². The van der Waals surface area contributed by atoms with Gasteiger partial charge in [0.2, 0.25) is 0 Å². The van der Waals surface area contributed by atoms with E-state index in [4.69, 9.17) is 0 Å². The topological polar surface area (TPSA) is 3.24 Å². The third kappa shape index (κ3) is 4.42. The summed E-state index contributed by atoms with van der Waals surface area (Å²) in [7, 11) is 3.86. The van der Waals surface area contributed by atoms with Gasteiger partial charge in [0.1, 0.15) is 0 Å². The molecule has 0 bridgehead atoms. The Bertz CT molecular complexity index is 799. The van der Waals surface area contributed by atoms with Crippen LogP contribution in [-0.2, 0) is 0 Å². The molecule has 0 spiro atoms. The molecule has 1 nitrogen and oxygen atoms in total. The number of hydrogen-bond acceptors (Lipinski definition) is 1. The van der Waals surface area contributed by atoms with Crippen molar-refractivity contribution in [1.82, 2.24) is 4.90 Å². The Morgan fingerprint density at radius 1 is 0.778 bits per heavy atom. The zero-order valence-electron chi connectivity index (χ0n) is 17.7. The molecule has 0 heterocycles. The molecule has 1 aliphatic rings. The van der Waals surface area contributed by atoms with Crippen LogP contribution >= 0.6 is 7.92 Å². The zero-order valence-corrected chi connectivity index (χ0v) is 18.6. The number of aryl methyl sites for hydroxylation is 4. The highest BCUT2D eigenvalue weighted by Crippen LogP contribution is 2.47. The van der Waals surface area contributed by atoms with Gasteiger partial charge >= 0.3 is 0 Å². The van der Waals surface area contributed by atoms with Gasteiger partial charge in [-0.2, -0.15) is 0 Å². The maximum absolute atomic E-state index is 2.43. The molecule has 0 saturated heterocycles. The van der Waals surface area contributed by atoms with Crippen molar-refractivity contribution >= 4 is 18.5 Å². The van der Waals surface area contributed by atoms with E-state index < -0.39 is 7.92 Å². The van der Waals surface area contributed by atoms with E-state index >= 15 is 0 Å². The van der Waals surface area contributed by atoms with Crippen LogP contribution in [0.25, 0.3) is 0 Å². The fourth-order valence-corrected chi connectivity index (χ4v) is 7.23. The van der Waals surface area contributed by atoms with Gasteiger partial charge in [-0.3, -0.25) is 0 Å². The predicted octanol–water partition coefficient (Wildman–Crippen LogP) is 5.17. The lowest BCUT2D eigenvalue weighted by Gasteiger charge is -2.32. The molecule has 0 saturated carbocycles. The summed E-state index contributed by atoms with van der Waals surface area (Å²) in [6.45, 7) is 11.2. The van der Waals surface area contributed by atoms with E-state index in [9.17, 15) is 0 Å². The Balaban J connectivity index is 2.16. The number of hydrogen-bond donors (Lipinski definition) is 0. The molecule has 0 aliphatic heterocycles. The molecular weight excluding hydrogens is 345 g/mol. The first kappa shape index (κ1) is 20.1. The van der Waals surface area contributed by atoms with Crippen LogP contribution in [0.4, 0.5) is 0 Å². The third-order valence-electron chi connectivity index (χ3n) is 5.43. The highest BCUT2D eigenvalue weighted by Gasteiger charge is 2.31. The molecule has 2 aromatic carbocycles. The molecule has 27 heavy (non-hydrogen) atoms. The van der Waals surface area contributed by atoms with Gasteiger partial charge in [0.25, 0.3) is 0 Å². The average molecular weight is 378 g/mol. The lowest BCUT2D eigenvalue weighted by Crippen LogP contribution is -2.32. The molecule has 0 aromatic heterocycles. The fourth-order valence-electron chi connectivity index (χ4n) is 4.05. The van der Waals surface area contributed by atoms with E-state index in [1.807, 2.05) is 0 Å². The van der Waals surface area contributed by atoms with Crippen LogP contribution in [0.15, 0.2) is 60.2 Å². The van der Waals surface area contributed by atoms with Crippen molar-refractivity contribution in [3.05, 3.63) is 82.5 Å². The van der Waals surface area contributed by atoms with Gasteiger partial charge in [0, 0.05) is 11.7 Å². The molecular formula is C25H32NP. The molecule has 0 fully saturated rings. The molecule has 2 heteroatoms. The Morgan fingerprint density at radius 2 is 1.22 bits per heavy atom. The van der Waals surface area contributed by atoms with Crippen LogP contribution in [0.5, 0.6) is 0 Å². The van der Waals surface area contributed by atoms with Crippen molar-refractivity contribution in [3.8, 4) is 0 Å². The Kier molecular flexibility index (Phi) is 6.04. The highest BCUT2D eigenvalue weighted by atomic mass is 31.1. The SMILES string of the molecule is Cc1cc(C)cc(P(c2cc(C)cc(C)c2)C2C=CC=C2[C@H](C)N(C)C)c1. The van der Waals surface area contributed by atoms with E-state index in [0.29, 0.717) is 11.7 Å². The lowest BCUT2D eigenvalue weighted by atomic mass is 10.1. The Morgan fingerprint density at radius 3 is 1.63 bits per heavy atom. The molecule has 2 atom stereocenters. The minimum Gasteiger partial charge on any atom is -0.303 e. The summed E-state index contributed by atoms with van der Waals surface area (Å²) in [5, 5.41) is 2.97. The molecule has 3 rings (SSSR count). The molecule has 0 radical (unpaired) electrons. The van der Waals surface area contributed by atoms with Crippen molar-refractivity contribution in [2.24, 2.45) is 0 Å². The zero-order chi connectivity index (χ0) is 19.7. The first-order valence-corrected chi connectivity index (χ1v) is 11.2. The molecule has 0 N–H and O–H groups in total. The van der Waals surface area contributed by atoms with E-state index in [2.05, 4.69) is 108 Å². The van der Waals surface area contributed by atoms with Crippen LogP contribution < -0.4 is 10.6 Å². The third-order valence-corrected chi connectivity index (χ3v) is 8.08. The highest BCUT2D eigenvalue weighted by molar-refractivity contribution is 7.74. The van der Waals surface area contributed by atoms with Crippen LogP contribution in [0.3, 0.4) is 0 Å². The fraction of sp³-hybridized carbons (Fsp3) is 0.360. The summed E-state index contributed by atoms with van der Waals surface area (Å²) in [5.41, 5.74) is 7.42. The van der Waals surface area contributed by atoms with E-state index in [1.54, 1.807) is 0 Å². The summed E-state index contributed by atoms with van der Waals surface area (Å²) in [5.74, 6) is 0. The van der Waals surface area contributed by atoms with Crippen LogP contribution in [-0.4, -0.2) is 30.7 Å². The van der Waals surface area contributed by atoms with Crippen molar-refractivity contribution in [3.63, 3.8) is 0 Å². The maximum Gasteiger partial charge on any atom is 0.0285 e. The first-order valence-electron chi connectivity index (χ1n) is 9.77. The molecule has 2 aromatic rings. The first-order chi connectivity index (χ1) is 12.8. The molecule has 0 amide bonds. The van der Waals surface area contributed by atoms with Crippen LogP contribution in [0.1, 0.15) is 29.2 Å². The number of nitrogens with zero attached hydrogens (tertiary/aromatic N) is 1. The summed E-state index contributed by atoms with van der Waals surface area (Å²) < 4.78 is 0. The Labute approximate surface area is 166 Å². The number of likely N-dealkylation sites (N-methyl/N-ethyl adjacent to an activating group) is 1. The summed E-state index contributed by atoms with van der Waals surface area (Å²) >= 11 is 0. The van der Waals surface area contributed by atoms with Gasteiger partial charge in [-0.25, -0.2) is 0 Å². The summed E-state index contributed by atoms with van der Waals surface area (Å²) in [4.78, 5) is 2.32. The van der Waals surface area contributed by atoms with Gasteiger partial charge in [0.15, 0.2) is 0 Å². The second-order valence-electron chi connectivity index (χ2n) is 8.20. The van der Waals surface area contributed by atoms with E-state index in [1.165, 1.54) is 38.4 Å². The smallest absolute Gasteiger partial charge is 0.0285 e. The molecule has 1 aliphatic carbocycles. The van der Waals surface area contributed by atoms with E-state index in [0.717, 1.165) is 0 Å². The quantitative estimate of drug-likeness (QED) is 0.650. The van der Waals surface area contributed by atoms with Crippen molar-refractivity contribution < 1.29 is 0 Å². The number of rotatable bonds is 5. The molecule has 142 valence electrons. The normalized spacial score (nSPS) is 17.7. The second-order valence-corrected chi connectivity index (χ2v) is 10.5. The number of benzene rings is 2. The largest absolute Gasteiger partial charge is 0.303 e.